The lowest BCUT2D eigenvalue weighted by molar-refractivity contribution is 0.481. The van der Waals surface area contributed by atoms with Crippen LogP contribution in [0, 0.1) is 11.7 Å². The highest BCUT2D eigenvalue weighted by Gasteiger charge is 2.17. The molecule has 0 saturated heterocycles. The minimum Gasteiger partial charge on any atom is -0.326 e. The van der Waals surface area contributed by atoms with E-state index >= 15 is 0 Å². The minimum absolute atomic E-state index is 0.112. The standard InChI is InChI=1S/C11H16BrFN2O2S/c1-7(2)11(14)6-15-18(16,17)8-3-4-9(12)10(13)5-8/h3-5,7,11,15H,6,14H2,1-2H3. The van der Waals surface area contributed by atoms with Crippen molar-refractivity contribution in [1.82, 2.24) is 4.72 Å². The summed E-state index contributed by atoms with van der Waals surface area (Å²) in [7, 11) is -3.72. The number of halogens is 2. The van der Waals surface area contributed by atoms with Crippen molar-refractivity contribution in [3.05, 3.63) is 28.5 Å². The topological polar surface area (TPSA) is 72.2 Å². The molecule has 0 saturated carbocycles. The number of hydrogen-bond acceptors (Lipinski definition) is 3. The van der Waals surface area contributed by atoms with E-state index in [-0.39, 0.29) is 27.9 Å². The molecule has 1 rings (SSSR count). The van der Waals surface area contributed by atoms with Gasteiger partial charge in [0.1, 0.15) is 5.82 Å². The van der Waals surface area contributed by atoms with Gasteiger partial charge in [0.05, 0.1) is 9.37 Å². The van der Waals surface area contributed by atoms with Crippen molar-refractivity contribution in [2.45, 2.75) is 24.8 Å². The summed E-state index contributed by atoms with van der Waals surface area (Å²) in [5.41, 5.74) is 5.75. The van der Waals surface area contributed by atoms with Crippen LogP contribution in [0.3, 0.4) is 0 Å². The minimum atomic E-state index is -3.72. The predicted octanol–water partition coefficient (Wildman–Crippen LogP) is 1.85. The van der Waals surface area contributed by atoms with E-state index in [1.165, 1.54) is 12.1 Å². The van der Waals surface area contributed by atoms with Gasteiger partial charge in [0.15, 0.2) is 0 Å². The van der Waals surface area contributed by atoms with Crippen LogP contribution in [0.4, 0.5) is 4.39 Å². The van der Waals surface area contributed by atoms with Gasteiger partial charge in [-0.15, -0.1) is 0 Å². The highest BCUT2D eigenvalue weighted by molar-refractivity contribution is 9.10. The highest BCUT2D eigenvalue weighted by atomic mass is 79.9. The third kappa shape index (κ3) is 4.01. The molecule has 0 aromatic heterocycles. The molecular formula is C11H16BrFN2O2S. The molecule has 0 spiro atoms. The van der Waals surface area contributed by atoms with E-state index in [0.717, 1.165) is 6.07 Å². The average Bonchev–Trinajstić information content (AvgIpc) is 2.29. The molecule has 1 aromatic rings. The van der Waals surface area contributed by atoms with Gasteiger partial charge in [0.2, 0.25) is 10.0 Å². The molecule has 0 bridgehead atoms. The van der Waals surface area contributed by atoms with Gasteiger partial charge >= 0.3 is 0 Å². The molecule has 0 aliphatic rings. The Kier molecular flexibility index (Phi) is 5.27. The molecule has 1 unspecified atom stereocenters. The quantitative estimate of drug-likeness (QED) is 0.860. The number of benzene rings is 1. The van der Waals surface area contributed by atoms with Gasteiger partial charge in [0, 0.05) is 12.6 Å². The number of nitrogens with one attached hydrogen (secondary N) is 1. The maximum atomic E-state index is 13.3. The first-order valence-corrected chi connectivity index (χ1v) is 7.72. The Morgan fingerprint density at radius 3 is 2.56 bits per heavy atom. The van der Waals surface area contributed by atoms with Gasteiger partial charge in [-0.1, -0.05) is 13.8 Å². The van der Waals surface area contributed by atoms with E-state index < -0.39 is 15.8 Å². The predicted molar refractivity (Wildman–Crippen MR) is 72.1 cm³/mol. The largest absolute Gasteiger partial charge is 0.326 e. The molecule has 0 aliphatic heterocycles. The van der Waals surface area contributed by atoms with E-state index in [0.29, 0.717) is 0 Å². The summed E-state index contributed by atoms with van der Waals surface area (Å²) in [4.78, 5) is -0.112. The zero-order chi connectivity index (χ0) is 13.9. The van der Waals surface area contributed by atoms with E-state index in [1.807, 2.05) is 13.8 Å². The van der Waals surface area contributed by atoms with Crippen molar-refractivity contribution in [3.63, 3.8) is 0 Å². The number of nitrogens with two attached hydrogens (primary N) is 1. The highest BCUT2D eigenvalue weighted by Crippen LogP contribution is 2.19. The van der Waals surface area contributed by atoms with Crippen LogP contribution in [-0.2, 0) is 10.0 Å². The Morgan fingerprint density at radius 1 is 1.44 bits per heavy atom. The fraction of sp³-hybridized carbons (Fsp3) is 0.455. The lowest BCUT2D eigenvalue weighted by atomic mass is 10.1. The molecule has 0 heterocycles. The molecule has 1 atom stereocenters. The third-order valence-corrected chi connectivity index (χ3v) is 4.63. The first kappa shape index (κ1) is 15.6. The van der Waals surface area contributed by atoms with E-state index in [4.69, 9.17) is 5.73 Å². The SMILES string of the molecule is CC(C)C(N)CNS(=O)(=O)c1ccc(Br)c(F)c1. The van der Waals surface area contributed by atoms with Crippen LogP contribution in [-0.4, -0.2) is 21.0 Å². The molecular weight excluding hydrogens is 323 g/mol. The fourth-order valence-electron chi connectivity index (χ4n) is 1.17. The molecule has 0 radical (unpaired) electrons. The van der Waals surface area contributed by atoms with E-state index in [1.54, 1.807) is 0 Å². The van der Waals surface area contributed by atoms with Gasteiger partial charge in [-0.25, -0.2) is 17.5 Å². The van der Waals surface area contributed by atoms with Crippen molar-refractivity contribution in [2.75, 3.05) is 6.54 Å². The second-order valence-electron chi connectivity index (χ2n) is 4.34. The smallest absolute Gasteiger partial charge is 0.240 e. The Labute approximate surface area is 115 Å². The van der Waals surface area contributed by atoms with Crippen molar-refractivity contribution < 1.29 is 12.8 Å². The van der Waals surface area contributed by atoms with Crippen molar-refractivity contribution in [1.29, 1.82) is 0 Å². The lowest BCUT2D eigenvalue weighted by Gasteiger charge is -2.16. The number of rotatable bonds is 5. The summed E-state index contributed by atoms with van der Waals surface area (Å²) in [5.74, 6) is -0.458. The summed E-state index contributed by atoms with van der Waals surface area (Å²) in [6.07, 6.45) is 0. The first-order valence-electron chi connectivity index (χ1n) is 5.44. The van der Waals surface area contributed by atoms with Crippen molar-refractivity contribution in [2.24, 2.45) is 11.7 Å². The molecule has 1 aromatic carbocycles. The molecule has 18 heavy (non-hydrogen) atoms. The van der Waals surface area contributed by atoms with Crippen molar-refractivity contribution >= 4 is 26.0 Å². The Bertz CT molecular complexity index is 520. The first-order chi connectivity index (χ1) is 8.24. The second-order valence-corrected chi connectivity index (χ2v) is 6.96. The van der Waals surface area contributed by atoms with Gasteiger partial charge in [-0.2, -0.15) is 0 Å². The summed E-state index contributed by atoms with van der Waals surface area (Å²) in [5, 5.41) is 0. The van der Waals surface area contributed by atoms with Crippen LogP contribution in [0.25, 0.3) is 0 Å². The third-order valence-electron chi connectivity index (χ3n) is 2.57. The van der Waals surface area contributed by atoms with Crippen LogP contribution in [0.1, 0.15) is 13.8 Å². The molecule has 0 amide bonds. The fourth-order valence-corrected chi connectivity index (χ4v) is 2.50. The Balaban J connectivity index is 2.83. The van der Waals surface area contributed by atoms with Crippen LogP contribution in [0.15, 0.2) is 27.6 Å². The average molecular weight is 339 g/mol. The maximum Gasteiger partial charge on any atom is 0.240 e. The summed E-state index contributed by atoms with van der Waals surface area (Å²) >= 11 is 2.97. The number of hydrogen-bond donors (Lipinski definition) is 2. The summed E-state index contributed by atoms with van der Waals surface area (Å²) in [6.45, 7) is 3.92. The van der Waals surface area contributed by atoms with Crippen LogP contribution in [0.2, 0.25) is 0 Å². The Morgan fingerprint density at radius 2 is 2.06 bits per heavy atom. The molecule has 0 fully saturated rings. The van der Waals surface area contributed by atoms with Crippen LogP contribution in [0.5, 0.6) is 0 Å². The van der Waals surface area contributed by atoms with Crippen molar-refractivity contribution in [3.8, 4) is 0 Å². The maximum absolute atomic E-state index is 13.3. The molecule has 3 N–H and O–H groups in total. The zero-order valence-corrected chi connectivity index (χ0v) is 12.6. The van der Waals surface area contributed by atoms with Gasteiger partial charge < -0.3 is 5.73 Å². The van der Waals surface area contributed by atoms with Gasteiger partial charge in [-0.3, -0.25) is 0 Å². The number of sulfonamides is 1. The Hall–Kier alpha value is -0.500. The van der Waals surface area contributed by atoms with Gasteiger partial charge in [0.25, 0.3) is 0 Å². The van der Waals surface area contributed by atoms with E-state index in [2.05, 4.69) is 20.7 Å². The lowest BCUT2D eigenvalue weighted by Crippen LogP contribution is -2.40. The molecule has 4 nitrogen and oxygen atoms in total. The van der Waals surface area contributed by atoms with Gasteiger partial charge in [-0.05, 0) is 40.0 Å². The van der Waals surface area contributed by atoms with Crippen LogP contribution >= 0.6 is 15.9 Å². The molecule has 0 aliphatic carbocycles. The monoisotopic (exact) mass is 338 g/mol. The summed E-state index contributed by atoms with van der Waals surface area (Å²) in [6, 6.07) is 3.37. The normalized spacial score (nSPS) is 13.9. The van der Waals surface area contributed by atoms with Crippen LogP contribution < -0.4 is 10.5 Å². The van der Waals surface area contributed by atoms with E-state index in [9.17, 15) is 12.8 Å². The molecule has 102 valence electrons. The summed E-state index contributed by atoms with van der Waals surface area (Å²) < 4.78 is 39.6. The second kappa shape index (κ2) is 6.10. The molecule has 7 heteroatoms. The zero-order valence-electron chi connectivity index (χ0n) is 10.2.